The van der Waals surface area contributed by atoms with Crippen LogP contribution in [-0.4, -0.2) is 19.9 Å². The van der Waals surface area contributed by atoms with Gasteiger partial charge < -0.3 is 0 Å². The predicted molar refractivity (Wildman–Crippen MR) is 169 cm³/mol. The topological polar surface area (TPSA) is 59.3 Å². The number of aromatic nitrogens is 6. The Labute approximate surface area is 248 Å². The molecular weight excluding hydrogens is 516 g/mol. The lowest BCUT2D eigenvalue weighted by Gasteiger charge is -2.22. The summed E-state index contributed by atoms with van der Waals surface area (Å²) >= 11 is 0. The van der Waals surface area contributed by atoms with Crippen LogP contribution in [0.1, 0.15) is 79.0 Å². The molecule has 0 unspecified atom stereocenters. The number of nitrogens with zero attached hydrogens (tertiary/aromatic N) is 6. The smallest absolute Gasteiger partial charge is 0.244 e. The maximum Gasteiger partial charge on any atom is 0.291 e. The van der Waals surface area contributed by atoms with Gasteiger partial charge in [0.1, 0.15) is 34.1 Å². The van der Waals surface area contributed by atoms with Crippen LogP contribution in [0.4, 0.5) is 0 Å². The van der Waals surface area contributed by atoms with Crippen LogP contribution >= 0.6 is 0 Å². The quantitative estimate of drug-likeness (QED) is 0.212. The second-order valence-electron chi connectivity index (χ2n) is 14.4. The zero-order valence-electron chi connectivity index (χ0n) is 26.2. The summed E-state index contributed by atoms with van der Waals surface area (Å²) < 4.78 is 4.39. The van der Waals surface area contributed by atoms with Gasteiger partial charge in [0, 0.05) is 6.20 Å². The van der Waals surface area contributed by atoms with Gasteiger partial charge in [-0.05, 0) is 63.3 Å². The lowest BCUT2D eigenvalue weighted by molar-refractivity contribution is -0.574. The van der Waals surface area contributed by atoms with Crippen molar-refractivity contribution in [1.29, 1.82) is 0 Å². The van der Waals surface area contributed by atoms with E-state index in [2.05, 4.69) is 124 Å². The van der Waals surface area contributed by atoms with Gasteiger partial charge in [0.2, 0.25) is 0 Å². The predicted octanol–water partition coefficient (Wildman–Crippen LogP) is 7.17. The molecule has 0 aliphatic heterocycles. The molecule has 3 aromatic heterocycles. The van der Waals surface area contributed by atoms with Gasteiger partial charge in [0.15, 0.2) is 12.4 Å². The van der Waals surface area contributed by atoms with E-state index in [4.69, 9.17) is 9.97 Å². The lowest BCUT2D eigenvalue weighted by atomic mass is 9.85. The zero-order chi connectivity index (χ0) is 30.0. The second kappa shape index (κ2) is 9.62. The third-order valence-electron chi connectivity index (χ3n) is 8.17. The maximum absolute atomic E-state index is 4.76. The molecule has 0 saturated carbocycles. The van der Waals surface area contributed by atoms with E-state index in [-0.39, 0.29) is 16.2 Å². The molecule has 6 heteroatoms. The molecule has 3 heterocycles. The summed E-state index contributed by atoms with van der Waals surface area (Å²) in [6.45, 7) is 20.2. The van der Waals surface area contributed by atoms with E-state index >= 15 is 0 Å². The van der Waals surface area contributed by atoms with Gasteiger partial charge in [-0.2, -0.15) is 9.13 Å². The lowest BCUT2D eigenvalue weighted by Crippen LogP contribution is -2.37. The van der Waals surface area contributed by atoms with Gasteiger partial charge in [-0.25, -0.2) is 9.97 Å². The van der Waals surface area contributed by atoms with Crippen molar-refractivity contribution in [2.45, 2.75) is 78.6 Å². The first-order valence-corrected chi connectivity index (χ1v) is 14.6. The number of fused-ring (bicyclic) bond motifs is 3. The van der Waals surface area contributed by atoms with E-state index in [1.165, 1.54) is 16.7 Å². The summed E-state index contributed by atoms with van der Waals surface area (Å²) in [5, 5.41) is 3.15. The van der Waals surface area contributed by atoms with Gasteiger partial charge in [-0.15, -0.1) is 0 Å². The van der Waals surface area contributed by atoms with Gasteiger partial charge in [0.25, 0.3) is 12.7 Å². The highest BCUT2D eigenvalue weighted by Crippen LogP contribution is 2.33. The molecule has 0 fully saturated rings. The fraction of sp³-hybridized carbons (Fsp3) is 0.333. The molecule has 0 aliphatic rings. The van der Waals surface area contributed by atoms with Gasteiger partial charge in [-0.1, -0.05) is 84.4 Å². The maximum atomic E-state index is 4.76. The van der Waals surface area contributed by atoms with E-state index in [1.807, 2.05) is 31.2 Å². The van der Waals surface area contributed by atoms with Crippen LogP contribution in [-0.2, 0) is 16.2 Å². The van der Waals surface area contributed by atoms with Gasteiger partial charge in [-0.3, -0.25) is 0 Å². The van der Waals surface area contributed by atoms with Crippen molar-refractivity contribution in [2.75, 3.05) is 0 Å². The van der Waals surface area contributed by atoms with Crippen molar-refractivity contribution in [3.05, 3.63) is 96.7 Å². The average molecular weight is 557 g/mol. The molecule has 0 saturated heterocycles. The molecule has 0 atom stereocenters. The summed E-state index contributed by atoms with van der Waals surface area (Å²) in [4.78, 5) is 18.6. The van der Waals surface area contributed by atoms with Gasteiger partial charge >= 0.3 is 0 Å². The SMILES string of the molecule is CC(C)(C)c1ccc2c(cnc[n+]2-c2cc(C(C)(C)C)cc3c2cnc[n+]3-c2ccc(C(C)(C)C)c3ncncc23)c1. The van der Waals surface area contributed by atoms with Crippen molar-refractivity contribution in [2.24, 2.45) is 0 Å². The molecule has 3 aromatic carbocycles. The zero-order valence-corrected chi connectivity index (χ0v) is 26.2. The Hall–Kier alpha value is -4.32. The minimum Gasteiger partial charge on any atom is -0.244 e. The molecule has 6 aromatic rings. The van der Waals surface area contributed by atoms with Gasteiger partial charge in [0.05, 0.1) is 16.3 Å². The highest BCUT2D eigenvalue weighted by molar-refractivity contribution is 5.90. The Morgan fingerprint density at radius 2 is 1.21 bits per heavy atom. The number of benzene rings is 3. The molecule has 0 bridgehead atoms. The first-order chi connectivity index (χ1) is 19.7. The monoisotopic (exact) mass is 556 g/mol. The third kappa shape index (κ3) is 4.79. The second-order valence-corrected chi connectivity index (χ2v) is 14.4. The van der Waals surface area contributed by atoms with Crippen LogP contribution in [0.25, 0.3) is 44.1 Å². The molecular formula is C36H40N6+2. The van der Waals surface area contributed by atoms with Crippen LogP contribution in [0, 0.1) is 0 Å². The molecule has 0 aliphatic carbocycles. The number of hydrogen-bond donors (Lipinski definition) is 0. The Bertz CT molecular complexity index is 1990. The Morgan fingerprint density at radius 1 is 0.548 bits per heavy atom. The van der Waals surface area contributed by atoms with E-state index in [0.29, 0.717) is 0 Å². The van der Waals surface area contributed by atoms with Crippen molar-refractivity contribution < 1.29 is 9.13 Å². The molecule has 0 amide bonds. The summed E-state index contributed by atoms with van der Waals surface area (Å²) in [6.07, 6.45) is 11.3. The van der Waals surface area contributed by atoms with Crippen LogP contribution in [0.15, 0.2) is 80.0 Å². The average Bonchev–Trinajstić information content (AvgIpc) is 2.93. The van der Waals surface area contributed by atoms with Crippen LogP contribution in [0.5, 0.6) is 0 Å². The summed E-state index contributed by atoms with van der Waals surface area (Å²) in [7, 11) is 0. The van der Waals surface area contributed by atoms with Crippen molar-refractivity contribution >= 4 is 32.7 Å². The molecule has 0 radical (unpaired) electrons. The van der Waals surface area contributed by atoms with Crippen molar-refractivity contribution in [3.8, 4) is 11.4 Å². The number of rotatable bonds is 2. The fourth-order valence-corrected chi connectivity index (χ4v) is 5.67. The number of hydrogen-bond acceptors (Lipinski definition) is 4. The minimum atomic E-state index is -0.0801. The molecule has 0 N–H and O–H groups in total. The first-order valence-electron chi connectivity index (χ1n) is 14.6. The standard InChI is InChI=1S/C36H40N6/c1-34(2,3)24-10-12-29-23(14-24)17-38-21-41(29)31-15-25(35(4,5)6)16-32-26(31)18-39-22-42(32)30-13-11-28(36(7,8)9)33-27(30)19-37-20-40-33/h10-22H,1-9H3/q+2. The van der Waals surface area contributed by atoms with Crippen molar-refractivity contribution in [1.82, 2.24) is 19.9 Å². The molecule has 212 valence electrons. The van der Waals surface area contributed by atoms with Crippen molar-refractivity contribution in [3.63, 3.8) is 0 Å². The van der Waals surface area contributed by atoms with E-state index in [1.54, 1.807) is 6.33 Å². The Balaban J connectivity index is 1.68. The van der Waals surface area contributed by atoms with E-state index in [9.17, 15) is 0 Å². The summed E-state index contributed by atoms with van der Waals surface area (Å²) in [5.74, 6) is 0. The molecule has 42 heavy (non-hydrogen) atoms. The Kier molecular flexibility index (Phi) is 6.37. The van der Waals surface area contributed by atoms with E-state index in [0.717, 1.165) is 44.1 Å². The minimum absolute atomic E-state index is 0.0513. The van der Waals surface area contributed by atoms with Crippen LogP contribution in [0.3, 0.4) is 0 Å². The molecule has 6 nitrogen and oxygen atoms in total. The van der Waals surface area contributed by atoms with Crippen LogP contribution in [0.2, 0.25) is 0 Å². The first kappa shape index (κ1) is 27.8. The normalized spacial score (nSPS) is 12.9. The Morgan fingerprint density at radius 3 is 1.90 bits per heavy atom. The summed E-state index contributed by atoms with van der Waals surface area (Å²) in [6, 6.07) is 15.7. The van der Waals surface area contributed by atoms with E-state index < -0.39 is 0 Å². The highest BCUT2D eigenvalue weighted by Gasteiger charge is 2.27. The fourth-order valence-electron chi connectivity index (χ4n) is 5.67. The highest BCUT2D eigenvalue weighted by atomic mass is 15.1. The summed E-state index contributed by atoms with van der Waals surface area (Å²) in [5.41, 5.74) is 8.83. The van der Waals surface area contributed by atoms with Crippen LogP contribution < -0.4 is 9.13 Å². The molecule has 0 spiro atoms. The molecule has 6 rings (SSSR count). The third-order valence-corrected chi connectivity index (χ3v) is 8.17. The largest absolute Gasteiger partial charge is 0.291 e.